The summed E-state index contributed by atoms with van der Waals surface area (Å²) in [6.45, 7) is 5.51. The fourth-order valence-electron chi connectivity index (χ4n) is 3.08. The van der Waals surface area contributed by atoms with Gasteiger partial charge >= 0.3 is 0 Å². The van der Waals surface area contributed by atoms with Crippen molar-refractivity contribution in [3.63, 3.8) is 0 Å². The minimum atomic E-state index is 0.189. The first-order valence-electron chi connectivity index (χ1n) is 8.01. The predicted octanol–water partition coefficient (Wildman–Crippen LogP) is 4.67. The number of hydrogen-bond donors (Lipinski definition) is 1. The van der Waals surface area contributed by atoms with E-state index in [9.17, 15) is 0 Å². The molecule has 1 atom stereocenters. The van der Waals surface area contributed by atoms with E-state index in [-0.39, 0.29) is 5.41 Å². The van der Waals surface area contributed by atoms with Crippen molar-refractivity contribution in [1.29, 1.82) is 0 Å². The topological polar surface area (TPSA) is 24.9 Å². The smallest absolute Gasteiger partial charge is 0.103 e. The van der Waals surface area contributed by atoms with Crippen LogP contribution in [0.25, 0.3) is 0 Å². The number of nitrogens with one attached hydrogen (secondary N) is 1. The van der Waals surface area contributed by atoms with Crippen molar-refractivity contribution in [2.75, 3.05) is 6.54 Å². The average Bonchev–Trinajstić information content (AvgIpc) is 2.95. The fourth-order valence-corrected chi connectivity index (χ4v) is 4.29. The van der Waals surface area contributed by atoms with Gasteiger partial charge in [0.1, 0.15) is 5.01 Å². The minimum Gasteiger partial charge on any atom is -0.309 e. The van der Waals surface area contributed by atoms with Crippen LogP contribution in [-0.4, -0.2) is 11.5 Å². The van der Waals surface area contributed by atoms with Crippen LogP contribution in [0, 0.1) is 0 Å². The molecule has 1 aromatic carbocycles. The number of aromatic nitrogens is 1. The van der Waals surface area contributed by atoms with Gasteiger partial charge in [-0.1, -0.05) is 43.7 Å². The van der Waals surface area contributed by atoms with Crippen LogP contribution in [0.3, 0.4) is 0 Å². The van der Waals surface area contributed by atoms with Crippen molar-refractivity contribution in [2.24, 2.45) is 0 Å². The molecule has 0 amide bonds. The van der Waals surface area contributed by atoms with Gasteiger partial charge in [-0.25, -0.2) is 4.98 Å². The Morgan fingerprint density at radius 3 is 2.67 bits per heavy atom. The van der Waals surface area contributed by atoms with Gasteiger partial charge in [0.2, 0.25) is 0 Å². The molecule has 3 rings (SSSR count). The van der Waals surface area contributed by atoms with Crippen LogP contribution >= 0.6 is 11.3 Å². The van der Waals surface area contributed by atoms with E-state index in [2.05, 4.69) is 55.7 Å². The molecular weight excluding hydrogens is 276 g/mol. The van der Waals surface area contributed by atoms with E-state index in [0.29, 0.717) is 6.04 Å². The maximum absolute atomic E-state index is 4.79. The van der Waals surface area contributed by atoms with Crippen LogP contribution in [0.15, 0.2) is 36.5 Å². The second-order valence-corrected chi connectivity index (χ2v) is 7.11. The summed E-state index contributed by atoms with van der Waals surface area (Å²) in [5.41, 5.74) is 1.63. The first-order valence-corrected chi connectivity index (χ1v) is 8.83. The zero-order valence-corrected chi connectivity index (χ0v) is 13.7. The Morgan fingerprint density at radius 2 is 2.05 bits per heavy atom. The lowest BCUT2D eigenvalue weighted by atomic mass is 9.65. The van der Waals surface area contributed by atoms with Gasteiger partial charge in [-0.3, -0.25) is 0 Å². The van der Waals surface area contributed by atoms with Crippen molar-refractivity contribution in [2.45, 2.75) is 51.0 Å². The molecule has 1 fully saturated rings. The van der Waals surface area contributed by atoms with E-state index in [1.165, 1.54) is 41.1 Å². The molecule has 1 N–H and O–H groups in total. The molecule has 0 aliphatic heterocycles. The van der Waals surface area contributed by atoms with Crippen LogP contribution in [0.2, 0.25) is 0 Å². The lowest BCUT2D eigenvalue weighted by Crippen LogP contribution is -2.35. The van der Waals surface area contributed by atoms with Crippen LogP contribution < -0.4 is 5.32 Å². The Labute approximate surface area is 131 Å². The lowest BCUT2D eigenvalue weighted by Gasteiger charge is -2.40. The highest BCUT2D eigenvalue weighted by atomic mass is 32.1. The van der Waals surface area contributed by atoms with Crippen molar-refractivity contribution < 1.29 is 0 Å². The largest absolute Gasteiger partial charge is 0.309 e. The van der Waals surface area contributed by atoms with Crippen LogP contribution in [0.1, 0.15) is 61.0 Å². The molecule has 21 heavy (non-hydrogen) atoms. The minimum absolute atomic E-state index is 0.189. The standard InChI is InChI=1S/C18H24N2S/c1-3-12-19-14(2)16-13-20-17(21-16)18(10-7-11-18)15-8-5-4-6-9-15/h4-6,8-9,13-14,19H,3,7,10-12H2,1-2H3. The molecule has 3 heteroatoms. The fraction of sp³-hybridized carbons (Fsp3) is 0.500. The van der Waals surface area contributed by atoms with Gasteiger partial charge in [-0.15, -0.1) is 11.3 Å². The summed E-state index contributed by atoms with van der Waals surface area (Å²) in [5.74, 6) is 0. The summed E-state index contributed by atoms with van der Waals surface area (Å²) in [6, 6.07) is 11.3. The normalized spacial score (nSPS) is 18.2. The molecule has 2 aromatic rings. The number of nitrogens with zero attached hydrogens (tertiary/aromatic N) is 1. The van der Waals surface area contributed by atoms with E-state index in [0.717, 1.165) is 6.54 Å². The Morgan fingerprint density at radius 1 is 1.29 bits per heavy atom. The van der Waals surface area contributed by atoms with Gasteiger partial charge in [0.15, 0.2) is 0 Å². The molecule has 0 saturated heterocycles. The summed E-state index contributed by atoms with van der Waals surface area (Å²) in [5, 5.41) is 4.87. The molecule has 1 saturated carbocycles. The van der Waals surface area contributed by atoms with Crippen molar-refractivity contribution in [1.82, 2.24) is 10.3 Å². The molecule has 0 spiro atoms. The van der Waals surface area contributed by atoms with Gasteiger partial charge in [0.25, 0.3) is 0 Å². The van der Waals surface area contributed by atoms with E-state index in [1.807, 2.05) is 11.3 Å². The highest BCUT2D eigenvalue weighted by Gasteiger charge is 2.42. The molecule has 0 bridgehead atoms. The van der Waals surface area contributed by atoms with Gasteiger partial charge in [0.05, 0.1) is 0 Å². The zero-order valence-electron chi connectivity index (χ0n) is 12.9. The first-order chi connectivity index (χ1) is 10.3. The Bertz CT molecular complexity index is 572. The summed E-state index contributed by atoms with van der Waals surface area (Å²) < 4.78 is 0. The van der Waals surface area contributed by atoms with E-state index in [4.69, 9.17) is 4.98 Å². The monoisotopic (exact) mass is 300 g/mol. The van der Waals surface area contributed by atoms with Gasteiger partial charge in [-0.2, -0.15) is 0 Å². The Balaban J connectivity index is 1.84. The third kappa shape index (κ3) is 2.77. The predicted molar refractivity (Wildman–Crippen MR) is 89.9 cm³/mol. The Hall–Kier alpha value is -1.19. The maximum Gasteiger partial charge on any atom is 0.103 e. The quantitative estimate of drug-likeness (QED) is 0.838. The molecule has 1 unspecified atom stereocenters. The van der Waals surface area contributed by atoms with Gasteiger partial charge in [-0.05, 0) is 38.3 Å². The van der Waals surface area contributed by atoms with Crippen LogP contribution in [-0.2, 0) is 5.41 Å². The van der Waals surface area contributed by atoms with Crippen molar-refractivity contribution in [3.05, 3.63) is 52.0 Å². The number of hydrogen-bond acceptors (Lipinski definition) is 3. The molecule has 1 heterocycles. The molecule has 0 radical (unpaired) electrons. The molecule has 1 aliphatic rings. The highest BCUT2D eigenvalue weighted by Crippen LogP contribution is 2.50. The molecule has 2 nitrogen and oxygen atoms in total. The third-order valence-corrected chi connectivity index (χ3v) is 5.98. The molecule has 1 aromatic heterocycles. The summed E-state index contributed by atoms with van der Waals surface area (Å²) in [7, 11) is 0. The SMILES string of the molecule is CCCNC(C)c1cnc(C2(c3ccccc3)CCC2)s1. The second-order valence-electron chi connectivity index (χ2n) is 6.05. The van der Waals surface area contributed by atoms with Crippen molar-refractivity contribution >= 4 is 11.3 Å². The van der Waals surface area contributed by atoms with Gasteiger partial charge < -0.3 is 5.32 Å². The third-order valence-electron chi connectivity index (χ3n) is 4.59. The second kappa shape index (κ2) is 6.29. The zero-order chi connectivity index (χ0) is 14.7. The summed E-state index contributed by atoms with van der Waals surface area (Å²) >= 11 is 1.90. The molecular formula is C18H24N2S. The highest BCUT2D eigenvalue weighted by molar-refractivity contribution is 7.11. The van der Waals surface area contributed by atoms with Crippen molar-refractivity contribution in [3.8, 4) is 0 Å². The number of thiazole rings is 1. The molecule has 112 valence electrons. The average molecular weight is 300 g/mol. The lowest BCUT2D eigenvalue weighted by molar-refractivity contribution is 0.300. The van der Waals surface area contributed by atoms with Crippen LogP contribution in [0.5, 0.6) is 0 Å². The molecule has 1 aliphatic carbocycles. The van der Waals surface area contributed by atoms with Gasteiger partial charge in [0, 0.05) is 22.5 Å². The van der Waals surface area contributed by atoms with E-state index in [1.54, 1.807) is 0 Å². The van der Waals surface area contributed by atoms with E-state index >= 15 is 0 Å². The summed E-state index contributed by atoms with van der Waals surface area (Å²) in [4.78, 5) is 6.16. The first kappa shape index (κ1) is 14.7. The van der Waals surface area contributed by atoms with E-state index < -0.39 is 0 Å². The number of rotatable bonds is 6. The summed E-state index contributed by atoms with van der Waals surface area (Å²) in [6.07, 6.45) is 7.04. The maximum atomic E-state index is 4.79. The number of benzene rings is 1. The Kier molecular flexibility index (Phi) is 4.41. The van der Waals surface area contributed by atoms with Crippen LogP contribution in [0.4, 0.5) is 0 Å².